The lowest BCUT2D eigenvalue weighted by Crippen LogP contribution is -2.46. The fourth-order valence-corrected chi connectivity index (χ4v) is 1.83. The Balaban J connectivity index is 2.57. The summed E-state index contributed by atoms with van der Waals surface area (Å²) in [4.78, 5) is 34.9. The van der Waals surface area contributed by atoms with Crippen LogP contribution in [0.2, 0.25) is 0 Å². The lowest BCUT2D eigenvalue weighted by atomic mass is 10.1. The largest absolute Gasteiger partial charge is 0.465 e. The van der Waals surface area contributed by atoms with Crippen LogP contribution in [0.15, 0.2) is 28.9 Å². The summed E-state index contributed by atoms with van der Waals surface area (Å²) in [5, 5.41) is 5.31. The highest BCUT2D eigenvalue weighted by molar-refractivity contribution is 5.95. The van der Waals surface area contributed by atoms with Gasteiger partial charge in [-0.1, -0.05) is 13.3 Å². The van der Waals surface area contributed by atoms with Crippen LogP contribution in [0.5, 0.6) is 0 Å². The van der Waals surface area contributed by atoms with Crippen LogP contribution in [0.25, 0.3) is 6.08 Å². The van der Waals surface area contributed by atoms with Gasteiger partial charge in [0, 0.05) is 19.0 Å². The molecule has 1 unspecified atom stereocenters. The second-order valence-electron chi connectivity index (χ2n) is 5.06. The van der Waals surface area contributed by atoms with E-state index in [0.717, 1.165) is 12.8 Å². The molecule has 4 N–H and O–H groups in total. The molecule has 7 nitrogen and oxygen atoms in total. The average Bonchev–Trinajstić information content (AvgIpc) is 3.02. The minimum absolute atomic E-state index is 0.0219. The molecule has 1 aromatic rings. The second kappa shape index (κ2) is 10.2. The molecule has 3 amide bonds. The van der Waals surface area contributed by atoms with Crippen LogP contribution in [0.3, 0.4) is 0 Å². The zero-order valence-corrected chi connectivity index (χ0v) is 13.2. The quantitative estimate of drug-likeness (QED) is 0.440. The summed E-state index contributed by atoms with van der Waals surface area (Å²) in [7, 11) is 0. The zero-order valence-electron chi connectivity index (χ0n) is 13.2. The monoisotopic (exact) mass is 321 g/mol. The van der Waals surface area contributed by atoms with Crippen molar-refractivity contribution in [2.24, 2.45) is 5.73 Å². The standard InChI is InChI=1S/C16H23N3O4/c1-2-3-10-18-16(22)13(7-8-14(17)20)19-15(21)9-6-12-5-4-11-23-12/h4-6,9,11,13H,2-3,7-8,10H2,1H3,(H2,17,20)(H,18,22)(H,19,21). The number of hydrogen-bond acceptors (Lipinski definition) is 4. The molecule has 0 aliphatic heterocycles. The van der Waals surface area contributed by atoms with E-state index in [4.69, 9.17) is 10.2 Å². The van der Waals surface area contributed by atoms with Gasteiger partial charge in [0.05, 0.1) is 6.26 Å². The Hall–Kier alpha value is -2.57. The van der Waals surface area contributed by atoms with Crippen molar-refractivity contribution in [1.82, 2.24) is 10.6 Å². The molecule has 0 fully saturated rings. The molecule has 0 aliphatic rings. The van der Waals surface area contributed by atoms with E-state index in [2.05, 4.69) is 10.6 Å². The van der Waals surface area contributed by atoms with Gasteiger partial charge < -0.3 is 20.8 Å². The topological polar surface area (TPSA) is 114 Å². The van der Waals surface area contributed by atoms with Crippen LogP contribution in [-0.2, 0) is 14.4 Å². The summed E-state index contributed by atoms with van der Waals surface area (Å²) >= 11 is 0. The van der Waals surface area contributed by atoms with Crippen LogP contribution < -0.4 is 16.4 Å². The molecule has 1 aromatic heterocycles. The normalized spacial score (nSPS) is 12.0. The van der Waals surface area contributed by atoms with E-state index >= 15 is 0 Å². The second-order valence-corrected chi connectivity index (χ2v) is 5.06. The molecule has 23 heavy (non-hydrogen) atoms. The van der Waals surface area contributed by atoms with Crippen molar-refractivity contribution in [1.29, 1.82) is 0 Å². The molecule has 126 valence electrons. The van der Waals surface area contributed by atoms with Gasteiger partial charge in [-0.25, -0.2) is 0 Å². The fourth-order valence-electron chi connectivity index (χ4n) is 1.83. The summed E-state index contributed by atoms with van der Waals surface area (Å²) in [6, 6.07) is 2.60. The fraction of sp³-hybridized carbons (Fsp3) is 0.438. The first-order chi connectivity index (χ1) is 11.0. The molecule has 0 aliphatic carbocycles. The SMILES string of the molecule is CCCCNC(=O)C(CCC(N)=O)NC(=O)C=Cc1ccco1. The molecule has 0 saturated carbocycles. The Labute approximate surface area is 135 Å². The van der Waals surface area contributed by atoms with Crippen molar-refractivity contribution in [3.63, 3.8) is 0 Å². The molecule has 1 heterocycles. The highest BCUT2D eigenvalue weighted by atomic mass is 16.3. The predicted octanol–water partition coefficient (Wildman–Crippen LogP) is 0.959. The highest BCUT2D eigenvalue weighted by Gasteiger charge is 2.20. The number of carbonyl (C=O) groups excluding carboxylic acids is 3. The van der Waals surface area contributed by atoms with Crippen LogP contribution in [0.1, 0.15) is 38.4 Å². The Bertz CT molecular complexity index is 538. The van der Waals surface area contributed by atoms with Gasteiger partial charge in [0.2, 0.25) is 17.7 Å². The number of amides is 3. The maximum absolute atomic E-state index is 12.1. The molecule has 0 spiro atoms. The number of primary amides is 1. The van der Waals surface area contributed by atoms with Crippen molar-refractivity contribution < 1.29 is 18.8 Å². The molecule has 0 saturated heterocycles. The molecular formula is C16H23N3O4. The van der Waals surface area contributed by atoms with Gasteiger partial charge in [-0.15, -0.1) is 0 Å². The van der Waals surface area contributed by atoms with Gasteiger partial charge in [0.15, 0.2) is 0 Å². The van der Waals surface area contributed by atoms with Crippen LogP contribution >= 0.6 is 0 Å². The van der Waals surface area contributed by atoms with Gasteiger partial charge in [-0.05, 0) is 31.1 Å². The molecule has 7 heteroatoms. The molecule has 1 atom stereocenters. The van der Waals surface area contributed by atoms with E-state index < -0.39 is 17.9 Å². The van der Waals surface area contributed by atoms with Crippen molar-refractivity contribution in [3.8, 4) is 0 Å². The van der Waals surface area contributed by atoms with E-state index in [-0.39, 0.29) is 18.7 Å². The number of carbonyl (C=O) groups is 3. The maximum atomic E-state index is 12.1. The third-order valence-corrected chi connectivity index (χ3v) is 3.08. The lowest BCUT2D eigenvalue weighted by molar-refractivity contribution is -0.127. The summed E-state index contributed by atoms with van der Waals surface area (Å²) in [5.41, 5.74) is 5.11. The van der Waals surface area contributed by atoms with Gasteiger partial charge in [0.1, 0.15) is 11.8 Å². The highest BCUT2D eigenvalue weighted by Crippen LogP contribution is 2.03. The van der Waals surface area contributed by atoms with Crippen molar-refractivity contribution >= 4 is 23.8 Å². The first-order valence-corrected chi connectivity index (χ1v) is 7.61. The van der Waals surface area contributed by atoms with E-state index in [1.54, 1.807) is 12.1 Å². The summed E-state index contributed by atoms with van der Waals surface area (Å²) in [6.07, 6.45) is 6.24. The van der Waals surface area contributed by atoms with E-state index in [9.17, 15) is 14.4 Å². The van der Waals surface area contributed by atoms with E-state index in [0.29, 0.717) is 12.3 Å². The van der Waals surface area contributed by atoms with E-state index in [1.165, 1.54) is 18.4 Å². The number of furan rings is 1. The van der Waals surface area contributed by atoms with E-state index in [1.807, 2.05) is 6.92 Å². The van der Waals surface area contributed by atoms with Crippen molar-refractivity contribution in [3.05, 3.63) is 30.2 Å². The van der Waals surface area contributed by atoms with Crippen LogP contribution in [-0.4, -0.2) is 30.3 Å². The van der Waals surface area contributed by atoms with Gasteiger partial charge >= 0.3 is 0 Å². The van der Waals surface area contributed by atoms with Crippen molar-refractivity contribution in [2.75, 3.05) is 6.54 Å². The Morgan fingerprint density at radius 3 is 2.78 bits per heavy atom. The molecule has 1 rings (SSSR count). The third kappa shape index (κ3) is 7.85. The maximum Gasteiger partial charge on any atom is 0.244 e. The van der Waals surface area contributed by atoms with Gasteiger partial charge in [-0.2, -0.15) is 0 Å². The smallest absolute Gasteiger partial charge is 0.244 e. The summed E-state index contributed by atoms with van der Waals surface area (Å²) in [6.45, 7) is 2.54. The Morgan fingerprint density at radius 1 is 1.39 bits per heavy atom. The Kier molecular flexibility index (Phi) is 8.20. The number of rotatable bonds is 10. The average molecular weight is 321 g/mol. The predicted molar refractivity (Wildman–Crippen MR) is 86.0 cm³/mol. The minimum Gasteiger partial charge on any atom is -0.465 e. The van der Waals surface area contributed by atoms with Gasteiger partial charge in [0.25, 0.3) is 0 Å². The van der Waals surface area contributed by atoms with Crippen molar-refractivity contribution in [2.45, 2.75) is 38.6 Å². The number of nitrogens with two attached hydrogens (primary N) is 1. The zero-order chi connectivity index (χ0) is 17.1. The number of unbranched alkanes of at least 4 members (excludes halogenated alkanes) is 1. The number of hydrogen-bond donors (Lipinski definition) is 3. The minimum atomic E-state index is -0.798. The number of nitrogens with one attached hydrogen (secondary N) is 2. The third-order valence-electron chi connectivity index (χ3n) is 3.08. The molecule has 0 radical (unpaired) electrons. The molecule has 0 aromatic carbocycles. The molecular weight excluding hydrogens is 298 g/mol. The summed E-state index contributed by atoms with van der Waals surface area (Å²) in [5.74, 6) is -0.751. The lowest BCUT2D eigenvalue weighted by Gasteiger charge is -2.17. The first kappa shape index (κ1) is 18.5. The first-order valence-electron chi connectivity index (χ1n) is 7.61. The molecule has 0 bridgehead atoms. The van der Waals surface area contributed by atoms with Crippen LogP contribution in [0, 0.1) is 0 Å². The van der Waals surface area contributed by atoms with Crippen LogP contribution in [0.4, 0.5) is 0 Å². The Morgan fingerprint density at radius 2 is 2.17 bits per heavy atom. The van der Waals surface area contributed by atoms with Gasteiger partial charge in [-0.3, -0.25) is 14.4 Å². The summed E-state index contributed by atoms with van der Waals surface area (Å²) < 4.78 is 5.07.